The normalized spacial score (nSPS) is 10.5. The van der Waals surface area contributed by atoms with Crippen LogP contribution in [0.1, 0.15) is 11.4 Å². The highest BCUT2D eigenvalue weighted by Gasteiger charge is 2.11. The van der Waals surface area contributed by atoms with Crippen molar-refractivity contribution >= 4 is 5.97 Å². The lowest BCUT2D eigenvalue weighted by molar-refractivity contribution is -0.136. The topological polar surface area (TPSA) is 68.0 Å². The Labute approximate surface area is 98.7 Å². The molecule has 1 aromatic heterocycles. The molecule has 0 aliphatic carbocycles. The Kier molecular flexibility index (Phi) is 2.91. The number of carboxylic acids is 1. The van der Waals surface area contributed by atoms with E-state index in [1.165, 1.54) is 4.68 Å². The smallest absolute Gasteiger partial charge is 0.311 e. The number of aromatic nitrogens is 3. The van der Waals surface area contributed by atoms with Crippen molar-refractivity contribution in [3.63, 3.8) is 0 Å². The van der Waals surface area contributed by atoms with Crippen molar-refractivity contribution in [1.29, 1.82) is 0 Å². The van der Waals surface area contributed by atoms with Crippen LogP contribution in [0.3, 0.4) is 0 Å². The Morgan fingerprint density at radius 2 is 2.24 bits per heavy atom. The number of hydrogen-bond acceptors (Lipinski definition) is 3. The summed E-state index contributed by atoms with van der Waals surface area (Å²) in [5, 5.41) is 13.0. The summed E-state index contributed by atoms with van der Waals surface area (Å²) < 4.78 is 1.51. The molecule has 88 valence electrons. The molecule has 0 fully saturated rings. The van der Waals surface area contributed by atoms with E-state index in [0.29, 0.717) is 11.6 Å². The van der Waals surface area contributed by atoms with Crippen molar-refractivity contribution in [1.82, 2.24) is 14.8 Å². The van der Waals surface area contributed by atoms with Crippen LogP contribution in [0.25, 0.3) is 11.4 Å². The zero-order valence-corrected chi connectivity index (χ0v) is 9.71. The van der Waals surface area contributed by atoms with Crippen molar-refractivity contribution < 1.29 is 9.90 Å². The fourth-order valence-corrected chi connectivity index (χ4v) is 1.61. The molecule has 1 heterocycles. The van der Waals surface area contributed by atoms with Crippen LogP contribution in [0.2, 0.25) is 0 Å². The van der Waals surface area contributed by atoms with E-state index < -0.39 is 5.97 Å². The lowest BCUT2D eigenvalue weighted by Crippen LogP contribution is -2.06. The van der Waals surface area contributed by atoms with Gasteiger partial charge in [0.15, 0.2) is 5.82 Å². The van der Waals surface area contributed by atoms with E-state index in [0.717, 1.165) is 11.1 Å². The molecule has 0 radical (unpaired) electrons. The Bertz CT molecular complexity index is 561. The van der Waals surface area contributed by atoms with E-state index in [1.54, 1.807) is 7.05 Å². The van der Waals surface area contributed by atoms with Gasteiger partial charge in [0.1, 0.15) is 12.2 Å². The van der Waals surface area contributed by atoms with Crippen molar-refractivity contribution in [3.05, 3.63) is 35.7 Å². The third-order valence-corrected chi connectivity index (χ3v) is 2.44. The lowest BCUT2D eigenvalue weighted by atomic mass is 10.1. The number of aryl methyl sites for hydroxylation is 2. The summed E-state index contributed by atoms with van der Waals surface area (Å²) in [7, 11) is 1.70. The molecule has 0 unspecified atom stereocenters. The molecule has 2 rings (SSSR count). The minimum absolute atomic E-state index is 0.116. The highest BCUT2D eigenvalue weighted by Crippen LogP contribution is 2.16. The molecule has 1 N–H and O–H groups in total. The standard InChI is InChI=1S/C12H13N3O2/c1-8-4-3-5-9(6-8)12-13-10(7-11(16)17)15(2)14-12/h3-6H,7H2,1-2H3,(H,16,17). The van der Waals surface area contributed by atoms with Gasteiger partial charge in [-0.25, -0.2) is 4.98 Å². The van der Waals surface area contributed by atoms with Crippen molar-refractivity contribution in [2.45, 2.75) is 13.3 Å². The molecular formula is C12H13N3O2. The first-order valence-corrected chi connectivity index (χ1v) is 5.25. The van der Waals surface area contributed by atoms with Gasteiger partial charge in [0.2, 0.25) is 0 Å². The van der Waals surface area contributed by atoms with Crippen LogP contribution >= 0.6 is 0 Å². The maximum absolute atomic E-state index is 10.6. The monoisotopic (exact) mass is 231 g/mol. The Morgan fingerprint density at radius 1 is 1.47 bits per heavy atom. The first kappa shape index (κ1) is 11.3. The number of benzene rings is 1. The van der Waals surface area contributed by atoms with Gasteiger partial charge in [-0.05, 0) is 13.0 Å². The highest BCUT2D eigenvalue weighted by atomic mass is 16.4. The lowest BCUT2D eigenvalue weighted by Gasteiger charge is -1.95. The summed E-state index contributed by atoms with van der Waals surface area (Å²) in [5.74, 6) is 0.109. The van der Waals surface area contributed by atoms with Gasteiger partial charge in [-0.15, -0.1) is 0 Å². The average Bonchev–Trinajstić information content (AvgIpc) is 2.59. The summed E-state index contributed by atoms with van der Waals surface area (Å²) in [6.45, 7) is 1.99. The molecule has 5 nitrogen and oxygen atoms in total. The molecule has 0 amide bonds. The minimum atomic E-state index is -0.906. The van der Waals surface area contributed by atoms with Gasteiger partial charge in [-0.3, -0.25) is 9.48 Å². The summed E-state index contributed by atoms with van der Waals surface area (Å²) in [5.41, 5.74) is 2.02. The molecule has 0 atom stereocenters. The van der Waals surface area contributed by atoms with Gasteiger partial charge in [-0.2, -0.15) is 5.10 Å². The molecule has 5 heteroatoms. The van der Waals surface area contributed by atoms with Crippen molar-refractivity contribution in [2.24, 2.45) is 7.05 Å². The average molecular weight is 231 g/mol. The van der Waals surface area contributed by atoms with Crippen LogP contribution in [0.4, 0.5) is 0 Å². The van der Waals surface area contributed by atoms with Crippen LogP contribution < -0.4 is 0 Å². The van der Waals surface area contributed by atoms with Gasteiger partial charge >= 0.3 is 5.97 Å². The third-order valence-electron chi connectivity index (χ3n) is 2.44. The zero-order chi connectivity index (χ0) is 12.4. The molecule has 2 aromatic rings. The summed E-state index contributed by atoms with van der Waals surface area (Å²) in [6.07, 6.45) is -0.116. The van der Waals surface area contributed by atoms with Crippen LogP contribution in [-0.4, -0.2) is 25.8 Å². The Hall–Kier alpha value is -2.17. The molecule has 0 spiro atoms. The Morgan fingerprint density at radius 3 is 2.88 bits per heavy atom. The predicted octanol–water partition coefficient (Wildman–Crippen LogP) is 1.42. The van der Waals surface area contributed by atoms with Crippen LogP contribution in [0.15, 0.2) is 24.3 Å². The van der Waals surface area contributed by atoms with E-state index in [9.17, 15) is 4.79 Å². The highest BCUT2D eigenvalue weighted by molar-refractivity contribution is 5.69. The van der Waals surface area contributed by atoms with Gasteiger partial charge in [0, 0.05) is 12.6 Å². The van der Waals surface area contributed by atoms with Crippen molar-refractivity contribution in [3.8, 4) is 11.4 Å². The molecular weight excluding hydrogens is 218 g/mol. The predicted molar refractivity (Wildman–Crippen MR) is 62.5 cm³/mol. The quantitative estimate of drug-likeness (QED) is 0.867. The third kappa shape index (κ3) is 2.50. The van der Waals surface area contributed by atoms with Gasteiger partial charge in [0.25, 0.3) is 0 Å². The fraction of sp³-hybridized carbons (Fsp3) is 0.250. The van der Waals surface area contributed by atoms with Gasteiger partial charge < -0.3 is 5.11 Å². The molecule has 17 heavy (non-hydrogen) atoms. The number of hydrogen-bond donors (Lipinski definition) is 1. The zero-order valence-electron chi connectivity index (χ0n) is 9.71. The van der Waals surface area contributed by atoms with E-state index in [4.69, 9.17) is 5.11 Å². The molecule has 0 bridgehead atoms. The number of aliphatic carboxylic acids is 1. The van der Waals surface area contributed by atoms with Crippen LogP contribution in [0, 0.1) is 6.92 Å². The molecule has 0 saturated carbocycles. The van der Waals surface area contributed by atoms with Crippen molar-refractivity contribution in [2.75, 3.05) is 0 Å². The second-order valence-corrected chi connectivity index (χ2v) is 3.92. The molecule has 1 aromatic carbocycles. The molecule has 0 aliphatic rings. The summed E-state index contributed by atoms with van der Waals surface area (Å²) in [4.78, 5) is 14.9. The maximum atomic E-state index is 10.6. The fourth-order valence-electron chi connectivity index (χ4n) is 1.61. The van der Waals surface area contributed by atoms with Crippen LogP contribution in [0.5, 0.6) is 0 Å². The summed E-state index contributed by atoms with van der Waals surface area (Å²) >= 11 is 0. The largest absolute Gasteiger partial charge is 0.481 e. The van der Waals surface area contributed by atoms with Gasteiger partial charge in [0.05, 0.1) is 0 Å². The van der Waals surface area contributed by atoms with E-state index in [1.807, 2.05) is 31.2 Å². The number of carbonyl (C=O) groups is 1. The summed E-state index contributed by atoms with van der Waals surface area (Å²) in [6, 6.07) is 7.80. The second kappa shape index (κ2) is 4.37. The number of nitrogens with zero attached hydrogens (tertiary/aromatic N) is 3. The van der Waals surface area contributed by atoms with E-state index in [2.05, 4.69) is 10.1 Å². The molecule has 0 saturated heterocycles. The van der Waals surface area contributed by atoms with Gasteiger partial charge in [-0.1, -0.05) is 23.8 Å². The second-order valence-electron chi connectivity index (χ2n) is 3.92. The van der Waals surface area contributed by atoms with E-state index >= 15 is 0 Å². The number of rotatable bonds is 3. The van der Waals surface area contributed by atoms with Crippen LogP contribution in [-0.2, 0) is 18.3 Å². The Balaban J connectivity index is 2.37. The van der Waals surface area contributed by atoms with E-state index in [-0.39, 0.29) is 6.42 Å². The minimum Gasteiger partial charge on any atom is -0.481 e. The molecule has 0 aliphatic heterocycles. The SMILES string of the molecule is Cc1cccc(-c2nc(CC(=O)O)n(C)n2)c1. The first-order valence-electron chi connectivity index (χ1n) is 5.25. The number of carboxylic acid groups (broad SMARTS) is 1. The first-order chi connectivity index (χ1) is 8.06. The maximum Gasteiger partial charge on any atom is 0.311 e.